The van der Waals surface area contributed by atoms with Gasteiger partial charge in [-0.05, 0) is 49.2 Å². The molecule has 1 fully saturated rings. The zero-order valence-corrected chi connectivity index (χ0v) is 18.6. The molecule has 2 aromatic carbocycles. The van der Waals surface area contributed by atoms with E-state index in [1.807, 2.05) is 0 Å². The highest BCUT2D eigenvalue weighted by Crippen LogP contribution is 2.30. The van der Waals surface area contributed by atoms with E-state index in [4.69, 9.17) is 13.9 Å². The number of sulfonamides is 1. The van der Waals surface area contributed by atoms with Crippen LogP contribution in [0.5, 0.6) is 11.5 Å². The second-order valence-corrected chi connectivity index (χ2v) is 9.12. The van der Waals surface area contributed by atoms with Crippen molar-refractivity contribution in [1.82, 2.24) is 14.5 Å². The normalized spacial score (nSPS) is 16.5. The SMILES string of the molecule is COc1cc(OC)cc(-c2nnc(NC(=O)C3CCCN3S(=O)(=O)c3ccc(F)cc3)o2)c1. The molecule has 12 heteroatoms. The van der Waals surface area contributed by atoms with E-state index in [-0.39, 0.29) is 23.3 Å². The lowest BCUT2D eigenvalue weighted by atomic mass is 10.2. The Labute approximate surface area is 189 Å². The lowest BCUT2D eigenvalue weighted by Crippen LogP contribution is -2.43. The van der Waals surface area contributed by atoms with Crippen LogP contribution in [-0.2, 0) is 14.8 Å². The molecule has 0 spiro atoms. The standard InChI is InChI=1S/C21H21FN4O6S/c1-30-15-10-13(11-16(12-15)31-2)20-24-25-21(32-20)23-19(27)18-4-3-9-26(18)33(28,29)17-7-5-14(22)6-8-17/h5-8,10-12,18H,3-4,9H2,1-2H3,(H,23,25,27). The number of aromatic nitrogens is 2. The van der Waals surface area contributed by atoms with E-state index in [0.717, 1.165) is 16.4 Å². The summed E-state index contributed by atoms with van der Waals surface area (Å²) >= 11 is 0. The minimum atomic E-state index is -3.98. The lowest BCUT2D eigenvalue weighted by molar-refractivity contribution is -0.119. The molecule has 3 aromatic rings. The van der Waals surface area contributed by atoms with E-state index in [2.05, 4.69) is 15.5 Å². The number of carbonyl (C=O) groups is 1. The highest BCUT2D eigenvalue weighted by molar-refractivity contribution is 7.89. The number of benzene rings is 2. The molecule has 0 bridgehead atoms. The molecule has 1 unspecified atom stereocenters. The number of anilines is 1. The highest BCUT2D eigenvalue weighted by atomic mass is 32.2. The fourth-order valence-corrected chi connectivity index (χ4v) is 5.20. The van der Waals surface area contributed by atoms with Gasteiger partial charge in [-0.2, -0.15) is 4.31 Å². The number of rotatable bonds is 7. The molecule has 2 heterocycles. The maximum Gasteiger partial charge on any atom is 0.322 e. The van der Waals surface area contributed by atoms with Gasteiger partial charge in [0, 0.05) is 18.2 Å². The fourth-order valence-electron chi connectivity index (χ4n) is 3.54. The Bertz CT molecular complexity index is 1240. The largest absolute Gasteiger partial charge is 0.497 e. The summed E-state index contributed by atoms with van der Waals surface area (Å²) in [5.74, 6) is -0.00620. The monoisotopic (exact) mass is 476 g/mol. The summed E-state index contributed by atoms with van der Waals surface area (Å²) in [5.41, 5.74) is 0.514. The minimum absolute atomic E-state index is 0.0874. The molecule has 4 rings (SSSR count). The van der Waals surface area contributed by atoms with Crippen molar-refractivity contribution < 1.29 is 31.5 Å². The van der Waals surface area contributed by atoms with Crippen molar-refractivity contribution in [3.05, 3.63) is 48.3 Å². The molecule has 1 aliphatic rings. The number of hydrogen-bond acceptors (Lipinski definition) is 8. The first-order valence-corrected chi connectivity index (χ1v) is 11.4. The van der Waals surface area contributed by atoms with Crippen LogP contribution in [0.2, 0.25) is 0 Å². The smallest absolute Gasteiger partial charge is 0.322 e. The molecule has 0 radical (unpaired) electrons. The van der Waals surface area contributed by atoms with Gasteiger partial charge < -0.3 is 13.9 Å². The molecule has 1 atom stereocenters. The molecule has 174 valence electrons. The Hall–Kier alpha value is -3.51. The molecule has 0 saturated carbocycles. The first kappa shape index (κ1) is 22.7. The van der Waals surface area contributed by atoms with Crippen LogP contribution in [0.25, 0.3) is 11.5 Å². The molecule has 1 aromatic heterocycles. The van der Waals surface area contributed by atoms with Gasteiger partial charge >= 0.3 is 6.01 Å². The van der Waals surface area contributed by atoms with Gasteiger partial charge in [-0.25, -0.2) is 12.8 Å². The van der Waals surface area contributed by atoms with Crippen molar-refractivity contribution in [2.24, 2.45) is 0 Å². The van der Waals surface area contributed by atoms with Crippen molar-refractivity contribution in [3.8, 4) is 23.0 Å². The van der Waals surface area contributed by atoms with Gasteiger partial charge in [0.05, 0.1) is 19.1 Å². The number of nitrogens with zero attached hydrogens (tertiary/aromatic N) is 3. The molecule has 1 amide bonds. The second kappa shape index (κ2) is 9.16. The van der Waals surface area contributed by atoms with Crippen LogP contribution < -0.4 is 14.8 Å². The van der Waals surface area contributed by atoms with Crippen molar-refractivity contribution in [2.45, 2.75) is 23.8 Å². The summed E-state index contributed by atoms with van der Waals surface area (Å²) in [6.45, 7) is 0.163. The van der Waals surface area contributed by atoms with E-state index in [0.29, 0.717) is 29.9 Å². The summed E-state index contributed by atoms with van der Waals surface area (Å²) in [6, 6.07) is 8.33. The van der Waals surface area contributed by atoms with Gasteiger partial charge in [0.2, 0.25) is 21.8 Å². The van der Waals surface area contributed by atoms with Crippen LogP contribution in [0, 0.1) is 5.82 Å². The lowest BCUT2D eigenvalue weighted by Gasteiger charge is -2.22. The Balaban J connectivity index is 1.52. The fraction of sp³-hybridized carbons (Fsp3) is 0.286. The Kier molecular flexibility index (Phi) is 6.29. The van der Waals surface area contributed by atoms with E-state index < -0.39 is 27.8 Å². The maximum atomic E-state index is 13.2. The van der Waals surface area contributed by atoms with E-state index >= 15 is 0 Å². The Morgan fingerprint density at radius 2 is 1.79 bits per heavy atom. The number of ether oxygens (including phenoxy) is 2. The number of amides is 1. The summed E-state index contributed by atoms with van der Waals surface area (Å²) in [7, 11) is -0.973. The first-order valence-electron chi connectivity index (χ1n) is 9.97. The van der Waals surface area contributed by atoms with Gasteiger partial charge in [0.15, 0.2) is 0 Å². The van der Waals surface area contributed by atoms with Crippen molar-refractivity contribution in [2.75, 3.05) is 26.1 Å². The van der Waals surface area contributed by atoms with Crippen molar-refractivity contribution in [1.29, 1.82) is 0 Å². The van der Waals surface area contributed by atoms with Gasteiger partial charge in [0.25, 0.3) is 0 Å². The number of hydrogen-bond donors (Lipinski definition) is 1. The second-order valence-electron chi connectivity index (χ2n) is 7.23. The van der Waals surface area contributed by atoms with Crippen LogP contribution in [-0.4, -0.2) is 55.6 Å². The summed E-state index contributed by atoms with van der Waals surface area (Å²) in [5, 5.41) is 10.2. The summed E-state index contributed by atoms with van der Waals surface area (Å²) < 4.78 is 56.2. The highest BCUT2D eigenvalue weighted by Gasteiger charge is 2.40. The van der Waals surface area contributed by atoms with E-state index in [1.165, 1.54) is 26.4 Å². The Morgan fingerprint density at radius 3 is 2.42 bits per heavy atom. The average Bonchev–Trinajstić information content (AvgIpc) is 3.49. The first-order chi connectivity index (χ1) is 15.8. The average molecular weight is 476 g/mol. The summed E-state index contributed by atoms with van der Waals surface area (Å²) in [4.78, 5) is 12.8. The number of carbonyl (C=O) groups excluding carboxylic acids is 1. The zero-order chi connectivity index (χ0) is 23.6. The Morgan fingerprint density at radius 1 is 1.12 bits per heavy atom. The minimum Gasteiger partial charge on any atom is -0.497 e. The molecule has 0 aliphatic carbocycles. The molecular weight excluding hydrogens is 455 g/mol. The predicted octanol–water partition coefficient (Wildman–Crippen LogP) is 2.68. The zero-order valence-electron chi connectivity index (χ0n) is 17.8. The van der Waals surface area contributed by atoms with Gasteiger partial charge in [0.1, 0.15) is 23.4 Å². The van der Waals surface area contributed by atoms with Crippen LogP contribution in [0.3, 0.4) is 0 Å². The molecule has 1 aliphatic heterocycles. The molecule has 10 nitrogen and oxygen atoms in total. The third-order valence-corrected chi connectivity index (χ3v) is 7.10. The molecule has 1 N–H and O–H groups in total. The quantitative estimate of drug-likeness (QED) is 0.552. The summed E-state index contributed by atoms with van der Waals surface area (Å²) in [6.07, 6.45) is 0.817. The van der Waals surface area contributed by atoms with Crippen molar-refractivity contribution >= 4 is 21.9 Å². The number of methoxy groups -OCH3 is 2. The van der Waals surface area contributed by atoms with Crippen LogP contribution in [0.15, 0.2) is 51.8 Å². The van der Waals surface area contributed by atoms with Crippen LogP contribution >= 0.6 is 0 Å². The number of nitrogens with one attached hydrogen (secondary N) is 1. The van der Waals surface area contributed by atoms with Crippen molar-refractivity contribution in [3.63, 3.8) is 0 Å². The van der Waals surface area contributed by atoms with E-state index in [1.54, 1.807) is 18.2 Å². The maximum absolute atomic E-state index is 13.2. The van der Waals surface area contributed by atoms with Crippen LogP contribution in [0.4, 0.5) is 10.4 Å². The van der Waals surface area contributed by atoms with E-state index in [9.17, 15) is 17.6 Å². The van der Waals surface area contributed by atoms with Gasteiger partial charge in [-0.1, -0.05) is 5.10 Å². The molecule has 1 saturated heterocycles. The third kappa shape index (κ3) is 4.66. The third-order valence-electron chi connectivity index (χ3n) is 5.18. The van der Waals surface area contributed by atoms with Gasteiger partial charge in [-0.15, -0.1) is 5.10 Å². The molecule has 33 heavy (non-hydrogen) atoms. The predicted molar refractivity (Wildman–Crippen MR) is 115 cm³/mol. The van der Waals surface area contributed by atoms with Gasteiger partial charge in [-0.3, -0.25) is 10.1 Å². The number of halogens is 1. The molecular formula is C21H21FN4O6S. The topological polar surface area (TPSA) is 124 Å². The van der Waals surface area contributed by atoms with Crippen LogP contribution in [0.1, 0.15) is 12.8 Å².